The Morgan fingerprint density at radius 3 is 2.67 bits per heavy atom. The van der Waals surface area contributed by atoms with Crippen LogP contribution in [0.3, 0.4) is 0 Å². The molecule has 2 rings (SSSR count). The number of aromatic nitrogens is 1. The van der Waals surface area contributed by atoms with Crippen LogP contribution < -0.4 is 0 Å². The van der Waals surface area contributed by atoms with E-state index < -0.39 is 0 Å². The van der Waals surface area contributed by atoms with E-state index in [4.69, 9.17) is 9.78 Å². The third-order valence-corrected chi connectivity index (χ3v) is 3.29. The highest BCUT2D eigenvalue weighted by Gasteiger charge is 2.17. The lowest BCUT2D eigenvalue weighted by atomic mass is 10.2. The summed E-state index contributed by atoms with van der Waals surface area (Å²) in [6.45, 7) is 8.15. The number of unbranched alkanes of at least 4 members (excludes halogenated alkanes) is 1. The summed E-state index contributed by atoms with van der Waals surface area (Å²) < 4.78 is 5.07. The molecule has 98 valence electrons. The molecule has 1 fully saturated rings. The summed E-state index contributed by atoms with van der Waals surface area (Å²) in [6.07, 6.45) is 1.65. The van der Waals surface area contributed by atoms with Crippen LogP contribution >= 0.6 is 0 Å². The molecule has 0 amide bonds. The topological polar surface area (TPSA) is 56.3 Å². The van der Waals surface area contributed by atoms with Crippen LogP contribution in [0.4, 0.5) is 0 Å². The maximum Gasteiger partial charge on any atom is 0.133 e. The lowest BCUT2D eigenvalue weighted by molar-refractivity contribution is 0.124. The molecule has 1 aliphatic rings. The van der Waals surface area contributed by atoms with Crippen LogP contribution in [0.15, 0.2) is 10.6 Å². The Morgan fingerprint density at radius 2 is 2.06 bits per heavy atom. The summed E-state index contributed by atoms with van der Waals surface area (Å²) in [5.74, 6) is 0.875. The second-order valence-corrected chi connectivity index (χ2v) is 4.81. The van der Waals surface area contributed by atoms with Gasteiger partial charge in [0.2, 0.25) is 0 Å². The van der Waals surface area contributed by atoms with Crippen LogP contribution in [0.2, 0.25) is 0 Å². The molecule has 0 radical (unpaired) electrons. The smallest absolute Gasteiger partial charge is 0.133 e. The third-order valence-electron chi connectivity index (χ3n) is 3.29. The van der Waals surface area contributed by atoms with Gasteiger partial charge in [-0.05, 0) is 19.9 Å². The zero-order chi connectivity index (χ0) is 12.8. The molecule has 0 aliphatic carbocycles. The van der Waals surface area contributed by atoms with Crippen molar-refractivity contribution in [2.45, 2.75) is 26.3 Å². The van der Waals surface area contributed by atoms with Crippen LogP contribution in [0.5, 0.6) is 0 Å². The molecule has 0 aromatic carbocycles. The van der Waals surface area contributed by atoms with Crippen molar-refractivity contribution in [1.82, 2.24) is 15.0 Å². The van der Waals surface area contributed by atoms with Crippen molar-refractivity contribution in [1.29, 1.82) is 5.26 Å². The first-order chi connectivity index (χ1) is 8.78. The van der Waals surface area contributed by atoms with E-state index in [1.165, 1.54) is 0 Å². The number of hydrogen-bond acceptors (Lipinski definition) is 5. The quantitative estimate of drug-likeness (QED) is 0.737. The predicted octanol–water partition coefficient (Wildman–Crippen LogP) is 1.40. The number of piperazine rings is 1. The molecule has 1 saturated heterocycles. The molecule has 0 atom stereocenters. The summed E-state index contributed by atoms with van der Waals surface area (Å²) in [5.41, 5.74) is 1.02. The summed E-state index contributed by atoms with van der Waals surface area (Å²) in [4.78, 5) is 4.83. The monoisotopic (exact) mass is 248 g/mol. The minimum atomic E-state index is 0.665. The number of aryl methyl sites for hydroxylation is 1. The molecule has 0 unspecified atom stereocenters. The van der Waals surface area contributed by atoms with Gasteiger partial charge >= 0.3 is 0 Å². The first-order valence-corrected chi connectivity index (χ1v) is 6.52. The van der Waals surface area contributed by atoms with Gasteiger partial charge < -0.3 is 9.42 Å². The summed E-state index contributed by atoms with van der Waals surface area (Å²) in [6, 6.07) is 4.19. The molecule has 0 saturated carbocycles. The first-order valence-electron chi connectivity index (χ1n) is 6.52. The Balaban J connectivity index is 1.69. The number of nitrogens with zero attached hydrogens (tertiary/aromatic N) is 4. The van der Waals surface area contributed by atoms with Gasteiger partial charge in [-0.25, -0.2) is 0 Å². The molecular weight excluding hydrogens is 228 g/mol. The van der Waals surface area contributed by atoms with Gasteiger partial charge in [0.15, 0.2) is 0 Å². The Hall–Kier alpha value is -1.38. The van der Waals surface area contributed by atoms with E-state index in [0.29, 0.717) is 6.42 Å². The minimum Gasteiger partial charge on any atom is -0.361 e. The fourth-order valence-corrected chi connectivity index (χ4v) is 2.27. The minimum absolute atomic E-state index is 0.665. The lowest BCUT2D eigenvalue weighted by Gasteiger charge is -2.34. The summed E-state index contributed by atoms with van der Waals surface area (Å²) >= 11 is 0. The molecular formula is C13H20N4O. The second kappa shape index (κ2) is 6.53. The van der Waals surface area contributed by atoms with Gasteiger partial charge in [-0.1, -0.05) is 5.16 Å². The van der Waals surface area contributed by atoms with Crippen LogP contribution in [-0.4, -0.2) is 47.7 Å². The molecule has 1 aromatic heterocycles. The van der Waals surface area contributed by atoms with Gasteiger partial charge in [-0.15, -0.1) is 0 Å². The van der Waals surface area contributed by atoms with Crippen molar-refractivity contribution in [2.75, 3.05) is 32.7 Å². The van der Waals surface area contributed by atoms with Crippen LogP contribution in [0, 0.1) is 18.3 Å². The van der Waals surface area contributed by atoms with Gasteiger partial charge in [-0.2, -0.15) is 5.26 Å². The van der Waals surface area contributed by atoms with E-state index in [2.05, 4.69) is 21.0 Å². The molecule has 0 spiro atoms. The van der Waals surface area contributed by atoms with E-state index in [1.54, 1.807) is 0 Å². The van der Waals surface area contributed by atoms with Gasteiger partial charge in [0, 0.05) is 45.2 Å². The average molecular weight is 248 g/mol. The predicted molar refractivity (Wildman–Crippen MR) is 67.8 cm³/mol. The van der Waals surface area contributed by atoms with Crippen molar-refractivity contribution < 1.29 is 4.52 Å². The van der Waals surface area contributed by atoms with Crippen LogP contribution in [-0.2, 0) is 6.54 Å². The molecule has 5 heteroatoms. The zero-order valence-corrected chi connectivity index (χ0v) is 10.9. The van der Waals surface area contributed by atoms with E-state index in [-0.39, 0.29) is 0 Å². The molecule has 5 nitrogen and oxygen atoms in total. The van der Waals surface area contributed by atoms with Crippen molar-refractivity contribution in [3.05, 3.63) is 17.5 Å². The van der Waals surface area contributed by atoms with Crippen LogP contribution in [0.25, 0.3) is 0 Å². The maximum absolute atomic E-state index is 8.51. The molecule has 0 bridgehead atoms. The average Bonchev–Trinajstić information content (AvgIpc) is 2.77. The Kier molecular flexibility index (Phi) is 4.73. The van der Waals surface area contributed by atoms with E-state index in [1.807, 2.05) is 13.0 Å². The standard InChI is InChI=1S/C13H20N4O/c1-12-10-13(15-18-12)11-17-8-6-16(7-9-17)5-3-2-4-14/h10H,2-3,5-9,11H2,1H3. The van der Waals surface area contributed by atoms with Crippen LogP contribution in [0.1, 0.15) is 24.3 Å². The second-order valence-electron chi connectivity index (χ2n) is 4.81. The molecule has 18 heavy (non-hydrogen) atoms. The van der Waals surface area contributed by atoms with Crippen molar-refractivity contribution in [3.8, 4) is 6.07 Å². The fraction of sp³-hybridized carbons (Fsp3) is 0.692. The normalized spacial score (nSPS) is 17.8. The number of rotatable bonds is 5. The fourth-order valence-electron chi connectivity index (χ4n) is 2.27. The van der Waals surface area contributed by atoms with E-state index in [0.717, 1.165) is 57.1 Å². The van der Waals surface area contributed by atoms with Crippen molar-refractivity contribution >= 4 is 0 Å². The largest absolute Gasteiger partial charge is 0.361 e. The van der Waals surface area contributed by atoms with E-state index in [9.17, 15) is 0 Å². The molecule has 2 heterocycles. The zero-order valence-electron chi connectivity index (χ0n) is 10.9. The maximum atomic E-state index is 8.51. The lowest BCUT2D eigenvalue weighted by Crippen LogP contribution is -2.46. The third kappa shape index (κ3) is 3.83. The Morgan fingerprint density at radius 1 is 1.33 bits per heavy atom. The van der Waals surface area contributed by atoms with Gasteiger partial charge in [0.05, 0.1) is 11.8 Å². The van der Waals surface area contributed by atoms with Gasteiger partial charge in [-0.3, -0.25) is 4.90 Å². The number of nitriles is 1. The highest BCUT2D eigenvalue weighted by molar-refractivity contribution is 5.03. The molecule has 1 aliphatic heterocycles. The van der Waals surface area contributed by atoms with Gasteiger partial charge in [0.25, 0.3) is 0 Å². The van der Waals surface area contributed by atoms with E-state index >= 15 is 0 Å². The van der Waals surface area contributed by atoms with Gasteiger partial charge in [0.1, 0.15) is 5.76 Å². The Labute approximate surface area is 108 Å². The highest BCUT2D eigenvalue weighted by Crippen LogP contribution is 2.09. The highest BCUT2D eigenvalue weighted by atomic mass is 16.5. The SMILES string of the molecule is Cc1cc(CN2CCN(CCCC#N)CC2)no1. The molecule has 1 aromatic rings. The van der Waals surface area contributed by atoms with Crippen molar-refractivity contribution in [2.24, 2.45) is 0 Å². The molecule has 0 N–H and O–H groups in total. The Bertz CT molecular complexity index is 401. The number of hydrogen-bond donors (Lipinski definition) is 0. The summed E-state index contributed by atoms with van der Waals surface area (Å²) in [7, 11) is 0. The summed E-state index contributed by atoms with van der Waals surface area (Å²) in [5, 5.41) is 12.5. The first kappa shape index (κ1) is 13.1. The van der Waals surface area contributed by atoms with Crippen molar-refractivity contribution in [3.63, 3.8) is 0 Å².